The van der Waals surface area contributed by atoms with Crippen molar-refractivity contribution in [3.05, 3.63) is 53.7 Å². The lowest BCUT2D eigenvalue weighted by atomic mass is 10.0. The molecule has 0 radical (unpaired) electrons. The maximum atomic E-state index is 11.5. The Labute approximate surface area is 150 Å². The van der Waals surface area contributed by atoms with Crippen molar-refractivity contribution in [3.63, 3.8) is 0 Å². The molecule has 26 heavy (non-hydrogen) atoms. The molecule has 7 heteroatoms. The largest absolute Gasteiger partial charge is 0.457 e. The van der Waals surface area contributed by atoms with Crippen LogP contribution in [0.25, 0.3) is 11.3 Å². The van der Waals surface area contributed by atoms with E-state index in [-0.39, 0.29) is 5.91 Å². The zero-order valence-electron chi connectivity index (χ0n) is 14.2. The number of carbonyl (C=O) groups excluding carboxylic acids is 1. The van der Waals surface area contributed by atoms with Crippen LogP contribution in [0.5, 0.6) is 11.5 Å². The lowest BCUT2D eigenvalue weighted by molar-refractivity contribution is -0.116. The Morgan fingerprint density at radius 3 is 2.81 bits per heavy atom. The van der Waals surface area contributed by atoms with E-state index in [1.165, 1.54) is 0 Å². The third kappa shape index (κ3) is 3.06. The molecule has 0 fully saturated rings. The Balaban J connectivity index is 1.58. The fraction of sp³-hybridized carbons (Fsp3) is 0.158. The summed E-state index contributed by atoms with van der Waals surface area (Å²) in [5.74, 6) is 1.52. The standard InChI is InChI=1S/C19H17N5O2/c1-20-11-16-19(23-24-22-16)12-5-7-13(8-6-12)26-17-4-2-3-15-14(17)9-10-18(25)21-15/h2-8,11H,9-10H2,1H3,(H,21,25)(H,22,23,24)/b20-11+. The Morgan fingerprint density at radius 2 is 2.00 bits per heavy atom. The molecular formula is C19H17N5O2. The summed E-state index contributed by atoms with van der Waals surface area (Å²) in [6.07, 6.45) is 2.83. The van der Waals surface area contributed by atoms with E-state index in [0.29, 0.717) is 18.6 Å². The number of nitrogens with one attached hydrogen (secondary N) is 2. The fourth-order valence-corrected chi connectivity index (χ4v) is 2.96. The molecule has 0 aliphatic carbocycles. The molecule has 2 heterocycles. The van der Waals surface area contributed by atoms with Gasteiger partial charge in [0.25, 0.3) is 0 Å². The molecule has 1 amide bonds. The number of H-pyrrole nitrogens is 1. The minimum absolute atomic E-state index is 0.0398. The van der Waals surface area contributed by atoms with Crippen LogP contribution in [-0.4, -0.2) is 34.6 Å². The minimum atomic E-state index is 0.0398. The van der Waals surface area contributed by atoms with Crippen molar-refractivity contribution in [1.29, 1.82) is 0 Å². The van der Waals surface area contributed by atoms with E-state index in [0.717, 1.165) is 34.0 Å². The molecule has 0 saturated heterocycles. The Bertz CT molecular complexity index is 976. The summed E-state index contributed by atoms with van der Waals surface area (Å²) in [6.45, 7) is 0. The second-order valence-corrected chi connectivity index (χ2v) is 5.92. The van der Waals surface area contributed by atoms with Gasteiger partial charge in [-0.3, -0.25) is 14.9 Å². The van der Waals surface area contributed by atoms with Crippen LogP contribution >= 0.6 is 0 Å². The molecule has 0 saturated carbocycles. The summed E-state index contributed by atoms with van der Waals surface area (Å²) in [7, 11) is 1.70. The predicted molar refractivity (Wildman–Crippen MR) is 98.8 cm³/mol. The van der Waals surface area contributed by atoms with E-state index in [2.05, 4.69) is 25.7 Å². The van der Waals surface area contributed by atoms with Gasteiger partial charge in [0.05, 0.1) is 0 Å². The number of amides is 1. The number of aliphatic imine (C=N–C) groups is 1. The molecular weight excluding hydrogens is 330 g/mol. The highest BCUT2D eigenvalue weighted by molar-refractivity contribution is 5.94. The molecule has 0 atom stereocenters. The van der Waals surface area contributed by atoms with Crippen LogP contribution < -0.4 is 10.1 Å². The number of benzene rings is 2. The van der Waals surface area contributed by atoms with E-state index in [4.69, 9.17) is 4.74 Å². The van der Waals surface area contributed by atoms with Gasteiger partial charge in [-0.2, -0.15) is 0 Å². The quantitative estimate of drug-likeness (QED) is 0.709. The van der Waals surface area contributed by atoms with Crippen molar-refractivity contribution < 1.29 is 9.53 Å². The van der Waals surface area contributed by atoms with Gasteiger partial charge in [-0.15, -0.1) is 5.10 Å². The Kier molecular flexibility index (Phi) is 4.18. The smallest absolute Gasteiger partial charge is 0.224 e. The van der Waals surface area contributed by atoms with Crippen LogP contribution in [0, 0.1) is 0 Å². The number of aromatic amines is 1. The predicted octanol–water partition coefficient (Wildman–Crippen LogP) is 3.20. The van der Waals surface area contributed by atoms with Crippen LogP contribution in [0.15, 0.2) is 47.5 Å². The summed E-state index contributed by atoms with van der Waals surface area (Å²) in [5, 5.41) is 13.6. The highest BCUT2D eigenvalue weighted by Crippen LogP contribution is 2.34. The van der Waals surface area contributed by atoms with E-state index >= 15 is 0 Å². The van der Waals surface area contributed by atoms with E-state index in [9.17, 15) is 4.79 Å². The van der Waals surface area contributed by atoms with Crippen LogP contribution in [0.2, 0.25) is 0 Å². The second-order valence-electron chi connectivity index (χ2n) is 5.92. The van der Waals surface area contributed by atoms with Gasteiger partial charge >= 0.3 is 0 Å². The van der Waals surface area contributed by atoms with Gasteiger partial charge in [0.15, 0.2) is 0 Å². The summed E-state index contributed by atoms with van der Waals surface area (Å²) in [4.78, 5) is 15.5. The van der Waals surface area contributed by atoms with Gasteiger partial charge in [-0.05, 0) is 42.8 Å². The molecule has 1 aromatic heterocycles. The average Bonchev–Trinajstić information content (AvgIpc) is 3.11. The SMILES string of the molecule is C/N=C/c1[nH]nnc1-c1ccc(Oc2cccc3c2CCC(=O)N3)cc1. The molecule has 7 nitrogen and oxygen atoms in total. The van der Waals surface area contributed by atoms with Gasteiger partial charge in [-0.1, -0.05) is 11.3 Å². The number of ether oxygens (including phenoxy) is 1. The number of carbonyl (C=O) groups is 1. The number of aromatic nitrogens is 3. The molecule has 0 spiro atoms. The molecule has 4 rings (SSSR count). The van der Waals surface area contributed by atoms with Crippen LogP contribution in [0.3, 0.4) is 0 Å². The van der Waals surface area contributed by atoms with Gasteiger partial charge in [0.2, 0.25) is 5.91 Å². The topological polar surface area (TPSA) is 92.3 Å². The highest BCUT2D eigenvalue weighted by Gasteiger charge is 2.18. The summed E-state index contributed by atoms with van der Waals surface area (Å²) >= 11 is 0. The molecule has 2 aromatic carbocycles. The van der Waals surface area contributed by atoms with Crippen LogP contribution in [0.1, 0.15) is 17.7 Å². The van der Waals surface area contributed by atoms with Crippen molar-refractivity contribution in [2.24, 2.45) is 4.99 Å². The van der Waals surface area contributed by atoms with E-state index in [1.807, 2.05) is 42.5 Å². The van der Waals surface area contributed by atoms with Gasteiger partial charge < -0.3 is 10.1 Å². The van der Waals surface area contributed by atoms with Gasteiger partial charge in [0, 0.05) is 36.5 Å². The first kappa shape index (κ1) is 16.0. The van der Waals surface area contributed by atoms with Crippen molar-refractivity contribution in [3.8, 4) is 22.8 Å². The van der Waals surface area contributed by atoms with Crippen LogP contribution in [0.4, 0.5) is 5.69 Å². The molecule has 1 aliphatic rings. The maximum absolute atomic E-state index is 11.5. The Hall–Kier alpha value is -3.48. The van der Waals surface area contributed by atoms with Crippen LogP contribution in [-0.2, 0) is 11.2 Å². The summed E-state index contributed by atoms with van der Waals surface area (Å²) in [5.41, 5.74) is 4.26. The number of hydrogen-bond acceptors (Lipinski definition) is 5. The van der Waals surface area contributed by atoms with Gasteiger partial charge in [-0.25, -0.2) is 0 Å². The van der Waals surface area contributed by atoms with Crippen molar-refractivity contribution in [2.45, 2.75) is 12.8 Å². The average molecular weight is 347 g/mol. The van der Waals surface area contributed by atoms with E-state index in [1.54, 1.807) is 13.3 Å². The number of fused-ring (bicyclic) bond motifs is 1. The van der Waals surface area contributed by atoms with Gasteiger partial charge in [0.1, 0.15) is 22.9 Å². The molecule has 2 N–H and O–H groups in total. The van der Waals surface area contributed by atoms with Crippen molar-refractivity contribution >= 4 is 17.8 Å². The summed E-state index contributed by atoms with van der Waals surface area (Å²) in [6, 6.07) is 13.3. The first-order valence-electron chi connectivity index (χ1n) is 8.28. The third-order valence-electron chi connectivity index (χ3n) is 4.20. The van der Waals surface area contributed by atoms with Crippen molar-refractivity contribution in [1.82, 2.24) is 15.4 Å². The fourth-order valence-electron chi connectivity index (χ4n) is 2.96. The zero-order chi connectivity index (χ0) is 17.9. The first-order chi connectivity index (χ1) is 12.7. The second kappa shape index (κ2) is 6.79. The molecule has 130 valence electrons. The number of hydrogen-bond donors (Lipinski definition) is 2. The highest BCUT2D eigenvalue weighted by atomic mass is 16.5. The van der Waals surface area contributed by atoms with E-state index < -0.39 is 0 Å². The molecule has 3 aromatic rings. The maximum Gasteiger partial charge on any atom is 0.224 e. The van der Waals surface area contributed by atoms with Crippen molar-refractivity contribution in [2.75, 3.05) is 12.4 Å². The molecule has 0 unspecified atom stereocenters. The number of anilines is 1. The zero-order valence-corrected chi connectivity index (χ0v) is 14.2. The first-order valence-corrected chi connectivity index (χ1v) is 8.28. The summed E-state index contributed by atoms with van der Waals surface area (Å²) < 4.78 is 6.04. The third-order valence-corrected chi connectivity index (χ3v) is 4.20. The molecule has 0 bridgehead atoms. The lowest BCUT2D eigenvalue weighted by Gasteiger charge is -2.19. The normalized spacial score (nSPS) is 13.5. The monoisotopic (exact) mass is 347 g/mol. The minimum Gasteiger partial charge on any atom is -0.457 e. The Morgan fingerprint density at radius 1 is 1.15 bits per heavy atom. The molecule has 1 aliphatic heterocycles. The number of rotatable bonds is 4. The number of nitrogens with zero attached hydrogens (tertiary/aromatic N) is 3. The lowest BCUT2D eigenvalue weighted by Crippen LogP contribution is -2.19.